The molecule has 1 unspecified atom stereocenters. The van der Waals surface area contributed by atoms with E-state index >= 15 is 0 Å². The van der Waals surface area contributed by atoms with E-state index in [0.29, 0.717) is 5.16 Å². The van der Waals surface area contributed by atoms with Gasteiger partial charge in [0, 0.05) is 0 Å². The molecule has 0 aromatic carbocycles. The van der Waals surface area contributed by atoms with E-state index in [2.05, 4.69) is 30.0 Å². The van der Waals surface area contributed by atoms with E-state index in [0.717, 1.165) is 0 Å². The molecule has 1 heteroatoms. The SMILES string of the molecule is CCCCCCCCCCC(C)(P)CCCCCCCCCC. The van der Waals surface area contributed by atoms with Gasteiger partial charge in [-0.15, -0.1) is 9.24 Å². The third kappa shape index (κ3) is 18.6. The van der Waals surface area contributed by atoms with Crippen LogP contribution in [0.2, 0.25) is 0 Å². The second-order valence-corrected chi connectivity index (χ2v) is 9.50. The molecule has 0 aromatic heterocycles. The monoisotopic (exact) mass is 342 g/mol. The standard InChI is InChI=1S/C22H47P/c1-4-6-8-10-12-14-16-18-20-22(3,23)21-19-17-15-13-11-9-7-5-2/h4-21,23H2,1-3H3. The highest BCUT2D eigenvalue weighted by molar-refractivity contribution is 7.18. The average Bonchev–Trinajstić information content (AvgIpc) is 2.52. The van der Waals surface area contributed by atoms with E-state index in [-0.39, 0.29) is 0 Å². The van der Waals surface area contributed by atoms with Gasteiger partial charge in [-0.1, -0.05) is 124 Å². The van der Waals surface area contributed by atoms with Gasteiger partial charge in [0.25, 0.3) is 0 Å². The summed E-state index contributed by atoms with van der Waals surface area (Å²) in [7, 11) is 3.16. The molecule has 140 valence electrons. The Balaban J connectivity index is 3.33. The molecular weight excluding hydrogens is 295 g/mol. The lowest BCUT2D eigenvalue weighted by molar-refractivity contribution is 0.463. The molecule has 0 aliphatic heterocycles. The van der Waals surface area contributed by atoms with E-state index in [1.807, 2.05) is 0 Å². The molecule has 0 fully saturated rings. The number of unbranched alkanes of at least 4 members (excludes halogenated alkanes) is 14. The van der Waals surface area contributed by atoms with Crippen LogP contribution in [0.25, 0.3) is 0 Å². The molecule has 0 rings (SSSR count). The summed E-state index contributed by atoms with van der Waals surface area (Å²) in [6.07, 6.45) is 25.9. The highest BCUT2D eigenvalue weighted by Gasteiger charge is 2.16. The summed E-state index contributed by atoms with van der Waals surface area (Å²) in [4.78, 5) is 0. The quantitative estimate of drug-likeness (QED) is 0.173. The molecule has 0 bridgehead atoms. The predicted molar refractivity (Wildman–Crippen MR) is 113 cm³/mol. The lowest BCUT2D eigenvalue weighted by atomic mass is 9.94. The van der Waals surface area contributed by atoms with Crippen LogP contribution in [-0.4, -0.2) is 5.16 Å². The molecule has 0 aliphatic rings. The van der Waals surface area contributed by atoms with Gasteiger partial charge in [0.2, 0.25) is 0 Å². The van der Waals surface area contributed by atoms with Crippen molar-refractivity contribution in [3.8, 4) is 0 Å². The normalized spacial score (nSPS) is 12.0. The molecule has 0 aliphatic carbocycles. The van der Waals surface area contributed by atoms with E-state index in [1.165, 1.54) is 116 Å². The van der Waals surface area contributed by atoms with Crippen LogP contribution in [0.15, 0.2) is 0 Å². The maximum absolute atomic E-state index is 3.16. The minimum Gasteiger partial charge on any atom is -0.131 e. The fourth-order valence-corrected chi connectivity index (χ4v) is 3.86. The van der Waals surface area contributed by atoms with E-state index in [1.54, 1.807) is 0 Å². The van der Waals surface area contributed by atoms with Crippen molar-refractivity contribution in [1.82, 2.24) is 0 Å². The second kappa shape index (κ2) is 17.3. The van der Waals surface area contributed by atoms with Crippen molar-refractivity contribution < 1.29 is 0 Å². The summed E-state index contributed by atoms with van der Waals surface area (Å²) < 4.78 is 0. The summed E-state index contributed by atoms with van der Waals surface area (Å²) in [5.74, 6) is 0. The molecule has 0 spiro atoms. The minimum atomic E-state index is 0.504. The Hall–Kier alpha value is 0.430. The highest BCUT2D eigenvalue weighted by Crippen LogP contribution is 2.31. The Morgan fingerprint density at radius 3 is 1.04 bits per heavy atom. The molecule has 0 N–H and O–H groups in total. The van der Waals surface area contributed by atoms with Crippen molar-refractivity contribution in [2.45, 2.75) is 142 Å². The van der Waals surface area contributed by atoms with Crippen molar-refractivity contribution in [1.29, 1.82) is 0 Å². The average molecular weight is 343 g/mol. The zero-order chi connectivity index (χ0) is 17.2. The van der Waals surface area contributed by atoms with Gasteiger partial charge < -0.3 is 0 Å². The molecule has 0 radical (unpaired) electrons. The summed E-state index contributed by atoms with van der Waals surface area (Å²) >= 11 is 0. The van der Waals surface area contributed by atoms with Gasteiger partial charge in [0.15, 0.2) is 0 Å². The summed E-state index contributed by atoms with van der Waals surface area (Å²) in [5.41, 5.74) is 0. The third-order valence-electron chi connectivity index (χ3n) is 5.20. The molecule has 0 saturated heterocycles. The Labute approximate surface area is 151 Å². The Morgan fingerprint density at radius 1 is 0.478 bits per heavy atom. The van der Waals surface area contributed by atoms with Gasteiger partial charge in [0.05, 0.1) is 0 Å². The van der Waals surface area contributed by atoms with Crippen LogP contribution in [0.3, 0.4) is 0 Å². The van der Waals surface area contributed by atoms with Gasteiger partial charge >= 0.3 is 0 Å². The van der Waals surface area contributed by atoms with Crippen LogP contribution >= 0.6 is 9.24 Å². The molecule has 0 amide bonds. The summed E-state index contributed by atoms with van der Waals surface area (Å²) in [6, 6.07) is 0. The van der Waals surface area contributed by atoms with Crippen molar-refractivity contribution in [3.63, 3.8) is 0 Å². The predicted octanol–water partition coefficient (Wildman–Crippen LogP) is 8.68. The fourth-order valence-electron chi connectivity index (χ4n) is 3.45. The maximum Gasteiger partial charge on any atom is -0.0178 e. The topological polar surface area (TPSA) is 0 Å². The van der Waals surface area contributed by atoms with E-state index in [9.17, 15) is 0 Å². The number of rotatable bonds is 18. The third-order valence-corrected chi connectivity index (χ3v) is 5.78. The molecule has 0 heterocycles. The minimum absolute atomic E-state index is 0.504. The van der Waals surface area contributed by atoms with Crippen LogP contribution in [-0.2, 0) is 0 Å². The highest BCUT2D eigenvalue weighted by atomic mass is 31.0. The van der Waals surface area contributed by atoms with Crippen molar-refractivity contribution in [3.05, 3.63) is 0 Å². The van der Waals surface area contributed by atoms with Crippen molar-refractivity contribution in [2.75, 3.05) is 0 Å². The van der Waals surface area contributed by atoms with Crippen LogP contribution < -0.4 is 0 Å². The van der Waals surface area contributed by atoms with Crippen molar-refractivity contribution >= 4 is 9.24 Å². The van der Waals surface area contributed by atoms with Crippen LogP contribution in [0, 0.1) is 0 Å². The maximum atomic E-state index is 3.16. The molecular formula is C22H47P. The van der Waals surface area contributed by atoms with Crippen LogP contribution in [0.4, 0.5) is 0 Å². The first kappa shape index (κ1) is 23.4. The lowest BCUT2D eigenvalue weighted by Crippen LogP contribution is -2.15. The van der Waals surface area contributed by atoms with Gasteiger partial charge in [-0.25, -0.2) is 0 Å². The zero-order valence-electron chi connectivity index (χ0n) is 16.8. The number of hydrogen-bond donors (Lipinski definition) is 0. The van der Waals surface area contributed by atoms with Gasteiger partial charge in [-0.3, -0.25) is 0 Å². The molecule has 0 saturated carbocycles. The molecule has 0 aromatic rings. The smallest absolute Gasteiger partial charge is 0.0178 e. The van der Waals surface area contributed by atoms with Crippen LogP contribution in [0.5, 0.6) is 0 Å². The Bertz CT molecular complexity index is 200. The second-order valence-electron chi connectivity index (χ2n) is 8.10. The van der Waals surface area contributed by atoms with E-state index < -0.39 is 0 Å². The fraction of sp³-hybridized carbons (Fsp3) is 1.00. The Kier molecular flexibility index (Phi) is 17.6. The number of hydrogen-bond acceptors (Lipinski definition) is 0. The largest absolute Gasteiger partial charge is 0.131 e. The first-order chi connectivity index (χ1) is 11.1. The first-order valence-electron chi connectivity index (χ1n) is 10.9. The first-order valence-corrected chi connectivity index (χ1v) is 11.5. The lowest BCUT2D eigenvalue weighted by Gasteiger charge is -2.24. The summed E-state index contributed by atoms with van der Waals surface area (Å²) in [5, 5.41) is 0.504. The molecule has 0 nitrogen and oxygen atoms in total. The van der Waals surface area contributed by atoms with Crippen LogP contribution in [0.1, 0.15) is 136 Å². The van der Waals surface area contributed by atoms with E-state index in [4.69, 9.17) is 0 Å². The molecule has 23 heavy (non-hydrogen) atoms. The summed E-state index contributed by atoms with van der Waals surface area (Å²) in [6.45, 7) is 7.05. The van der Waals surface area contributed by atoms with Gasteiger partial charge in [-0.05, 0) is 18.0 Å². The zero-order valence-corrected chi connectivity index (χ0v) is 18.0. The Morgan fingerprint density at radius 2 is 0.739 bits per heavy atom. The van der Waals surface area contributed by atoms with Crippen molar-refractivity contribution in [2.24, 2.45) is 0 Å². The van der Waals surface area contributed by atoms with Gasteiger partial charge in [-0.2, -0.15) is 0 Å². The molecule has 1 atom stereocenters. The van der Waals surface area contributed by atoms with Gasteiger partial charge in [0.1, 0.15) is 0 Å².